The van der Waals surface area contributed by atoms with Crippen molar-refractivity contribution >= 4 is 11.6 Å². The Bertz CT molecular complexity index is 412. The molecule has 3 nitrogen and oxygen atoms in total. The van der Waals surface area contributed by atoms with E-state index >= 15 is 0 Å². The molecule has 0 saturated carbocycles. The van der Waals surface area contributed by atoms with E-state index in [-0.39, 0.29) is 5.91 Å². The molecule has 2 N–H and O–H groups in total. The Labute approximate surface area is 89.1 Å². The van der Waals surface area contributed by atoms with Crippen molar-refractivity contribution in [1.29, 1.82) is 0 Å². The SMILES string of the molecule is Cc1cc2c(cc1C)[C@@H](O)CCC(=O)N2. The van der Waals surface area contributed by atoms with Crippen molar-refractivity contribution < 1.29 is 9.90 Å². The number of aryl methyl sites for hydroxylation is 2. The molecule has 80 valence electrons. The van der Waals surface area contributed by atoms with Gasteiger partial charge >= 0.3 is 0 Å². The maximum atomic E-state index is 11.4. The number of rotatable bonds is 0. The number of amides is 1. The predicted molar refractivity (Wildman–Crippen MR) is 58.7 cm³/mol. The summed E-state index contributed by atoms with van der Waals surface area (Å²) in [7, 11) is 0. The monoisotopic (exact) mass is 205 g/mol. The van der Waals surface area contributed by atoms with Crippen LogP contribution >= 0.6 is 0 Å². The second kappa shape index (κ2) is 3.66. The van der Waals surface area contributed by atoms with Crippen LogP contribution in [0.4, 0.5) is 5.69 Å². The normalized spacial score (nSPS) is 20.5. The first-order valence-electron chi connectivity index (χ1n) is 5.17. The molecule has 0 aromatic heterocycles. The van der Waals surface area contributed by atoms with E-state index in [0.717, 1.165) is 22.4 Å². The van der Waals surface area contributed by atoms with Crippen LogP contribution in [0.2, 0.25) is 0 Å². The highest BCUT2D eigenvalue weighted by Gasteiger charge is 2.20. The highest BCUT2D eigenvalue weighted by atomic mass is 16.3. The Morgan fingerprint density at radius 2 is 2.00 bits per heavy atom. The molecule has 1 aliphatic rings. The minimum atomic E-state index is -0.529. The third kappa shape index (κ3) is 1.88. The Hall–Kier alpha value is -1.35. The summed E-state index contributed by atoms with van der Waals surface area (Å²) in [6, 6.07) is 3.89. The average molecular weight is 205 g/mol. The van der Waals surface area contributed by atoms with Gasteiger partial charge in [-0.2, -0.15) is 0 Å². The summed E-state index contributed by atoms with van der Waals surface area (Å²) in [5.41, 5.74) is 3.86. The topological polar surface area (TPSA) is 49.3 Å². The number of hydrogen-bond acceptors (Lipinski definition) is 2. The first-order valence-corrected chi connectivity index (χ1v) is 5.17. The van der Waals surface area contributed by atoms with Crippen molar-refractivity contribution in [3.63, 3.8) is 0 Å². The molecule has 0 aliphatic carbocycles. The van der Waals surface area contributed by atoms with Gasteiger partial charge in [-0.3, -0.25) is 4.79 Å². The third-order valence-corrected chi connectivity index (χ3v) is 2.94. The van der Waals surface area contributed by atoms with Gasteiger partial charge in [0.2, 0.25) is 5.91 Å². The maximum Gasteiger partial charge on any atom is 0.224 e. The fraction of sp³-hybridized carbons (Fsp3) is 0.417. The molecule has 3 heteroatoms. The molecular formula is C12H15NO2. The van der Waals surface area contributed by atoms with Crippen LogP contribution in [0.5, 0.6) is 0 Å². The number of aliphatic hydroxyl groups excluding tert-OH is 1. The lowest BCUT2D eigenvalue weighted by atomic mass is 9.99. The molecule has 0 saturated heterocycles. The van der Waals surface area contributed by atoms with Crippen LogP contribution < -0.4 is 5.32 Å². The maximum absolute atomic E-state index is 11.4. The molecule has 0 radical (unpaired) electrons. The molecule has 2 rings (SSSR count). The summed E-state index contributed by atoms with van der Waals surface area (Å²) in [4.78, 5) is 11.4. The molecule has 0 bridgehead atoms. The van der Waals surface area contributed by atoms with Crippen molar-refractivity contribution in [3.05, 3.63) is 28.8 Å². The quantitative estimate of drug-likeness (QED) is 0.681. The average Bonchev–Trinajstić information content (AvgIpc) is 2.30. The number of fused-ring (bicyclic) bond motifs is 1. The number of carbonyl (C=O) groups is 1. The summed E-state index contributed by atoms with van der Waals surface area (Å²) >= 11 is 0. The van der Waals surface area contributed by atoms with Gasteiger partial charge in [0, 0.05) is 17.7 Å². The van der Waals surface area contributed by atoms with Crippen molar-refractivity contribution in [2.24, 2.45) is 0 Å². The second-order valence-corrected chi connectivity index (χ2v) is 4.13. The van der Waals surface area contributed by atoms with E-state index in [1.165, 1.54) is 0 Å². The summed E-state index contributed by atoms with van der Waals surface area (Å²) in [6.45, 7) is 4.01. The van der Waals surface area contributed by atoms with Gasteiger partial charge in [-0.1, -0.05) is 6.07 Å². The van der Waals surface area contributed by atoms with E-state index in [1.54, 1.807) is 0 Å². The second-order valence-electron chi connectivity index (χ2n) is 4.13. The van der Waals surface area contributed by atoms with Gasteiger partial charge in [0.25, 0.3) is 0 Å². The van der Waals surface area contributed by atoms with Crippen LogP contribution in [-0.4, -0.2) is 11.0 Å². The lowest BCUT2D eigenvalue weighted by Gasteiger charge is -2.13. The van der Waals surface area contributed by atoms with Crippen LogP contribution in [0.25, 0.3) is 0 Å². The van der Waals surface area contributed by atoms with Crippen LogP contribution in [-0.2, 0) is 4.79 Å². The molecule has 1 amide bonds. The zero-order valence-electron chi connectivity index (χ0n) is 9.00. The van der Waals surface area contributed by atoms with Gasteiger partial charge in [-0.05, 0) is 37.5 Å². The molecule has 0 fully saturated rings. The summed E-state index contributed by atoms with van der Waals surface area (Å²) in [5.74, 6) is -0.0175. The van der Waals surface area contributed by atoms with Crippen molar-refractivity contribution in [3.8, 4) is 0 Å². The molecule has 0 unspecified atom stereocenters. The van der Waals surface area contributed by atoms with Gasteiger partial charge in [0.05, 0.1) is 6.10 Å². The van der Waals surface area contributed by atoms with E-state index in [2.05, 4.69) is 5.32 Å². The Balaban J connectivity index is 2.52. The van der Waals surface area contributed by atoms with Crippen molar-refractivity contribution in [2.75, 3.05) is 5.32 Å². The van der Waals surface area contributed by atoms with Gasteiger partial charge in [0.15, 0.2) is 0 Å². The van der Waals surface area contributed by atoms with E-state index < -0.39 is 6.10 Å². The predicted octanol–water partition coefficient (Wildman–Crippen LogP) is 2.07. The summed E-state index contributed by atoms with van der Waals surface area (Å²) in [6.07, 6.45) is 0.355. The minimum absolute atomic E-state index is 0.0175. The first kappa shape index (κ1) is 10.2. The number of benzene rings is 1. The smallest absolute Gasteiger partial charge is 0.224 e. The molecule has 1 atom stereocenters. The third-order valence-electron chi connectivity index (χ3n) is 2.94. The zero-order valence-corrected chi connectivity index (χ0v) is 9.00. The summed E-state index contributed by atoms with van der Waals surface area (Å²) < 4.78 is 0. The molecule has 1 heterocycles. The molecular weight excluding hydrogens is 190 g/mol. The van der Waals surface area contributed by atoms with Crippen LogP contribution in [0, 0.1) is 13.8 Å². The highest BCUT2D eigenvalue weighted by Crippen LogP contribution is 2.31. The lowest BCUT2D eigenvalue weighted by Crippen LogP contribution is -2.09. The van der Waals surface area contributed by atoms with Crippen molar-refractivity contribution in [2.45, 2.75) is 32.8 Å². The summed E-state index contributed by atoms with van der Waals surface area (Å²) in [5, 5.41) is 12.7. The number of nitrogens with one attached hydrogen (secondary N) is 1. The highest BCUT2D eigenvalue weighted by molar-refractivity contribution is 5.92. The van der Waals surface area contributed by atoms with E-state index in [1.807, 2.05) is 26.0 Å². The largest absolute Gasteiger partial charge is 0.388 e. The fourth-order valence-electron chi connectivity index (χ4n) is 1.86. The number of aliphatic hydroxyl groups is 1. The van der Waals surface area contributed by atoms with Gasteiger partial charge in [-0.25, -0.2) is 0 Å². The molecule has 15 heavy (non-hydrogen) atoms. The van der Waals surface area contributed by atoms with Gasteiger partial charge in [0.1, 0.15) is 0 Å². The molecule has 1 aliphatic heterocycles. The lowest BCUT2D eigenvalue weighted by molar-refractivity contribution is -0.116. The number of anilines is 1. The van der Waals surface area contributed by atoms with Crippen molar-refractivity contribution in [1.82, 2.24) is 0 Å². The zero-order chi connectivity index (χ0) is 11.0. The molecule has 1 aromatic rings. The minimum Gasteiger partial charge on any atom is -0.388 e. The van der Waals surface area contributed by atoms with E-state index in [4.69, 9.17) is 0 Å². The fourth-order valence-corrected chi connectivity index (χ4v) is 1.86. The van der Waals surface area contributed by atoms with E-state index in [9.17, 15) is 9.90 Å². The standard InChI is InChI=1S/C12H15NO2/c1-7-5-9-10(6-8(7)2)13-12(15)4-3-11(9)14/h5-6,11,14H,3-4H2,1-2H3,(H,13,15)/t11-/m0/s1. The first-order chi connectivity index (χ1) is 7.08. The van der Waals surface area contributed by atoms with Crippen LogP contribution in [0.15, 0.2) is 12.1 Å². The Morgan fingerprint density at radius 1 is 1.33 bits per heavy atom. The Morgan fingerprint density at radius 3 is 2.73 bits per heavy atom. The number of hydrogen-bond donors (Lipinski definition) is 2. The van der Waals surface area contributed by atoms with Gasteiger partial charge < -0.3 is 10.4 Å². The van der Waals surface area contributed by atoms with E-state index in [0.29, 0.717) is 12.8 Å². The number of carbonyl (C=O) groups excluding carboxylic acids is 1. The molecule has 1 aromatic carbocycles. The van der Waals surface area contributed by atoms with Gasteiger partial charge in [-0.15, -0.1) is 0 Å². The van der Waals surface area contributed by atoms with Crippen LogP contribution in [0.1, 0.15) is 35.6 Å². The molecule has 0 spiro atoms. The Kier molecular flexibility index (Phi) is 2.49. The van der Waals surface area contributed by atoms with Crippen LogP contribution in [0.3, 0.4) is 0 Å².